The predicted octanol–water partition coefficient (Wildman–Crippen LogP) is 2.23. The maximum Gasteiger partial charge on any atom is 0.223 e. The number of amides is 1. The molecule has 0 saturated carbocycles. The Kier molecular flexibility index (Phi) is 5.15. The molecule has 1 aromatic rings. The van der Waals surface area contributed by atoms with Gasteiger partial charge in [0.25, 0.3) is 0 Å². The molecule has 110 valence electrons. The van der Waals surface area contributed by atoms with E-state index < -0.39 is 0 Å². The van der Waals surface area contributed by atoms with Crippen molar-refractivity contribution >= 4 is 5.91 Å². The van der Waals surface area contributed by atoms with Crippen LogP contribution in [0.2, 0.25) is 0 Å². The summed E-state index contributed by atoms with van der Waals surface area (Å²) < 4.78 is 5.12. The normalized spacial score (nSPS) is 23.8. The number of benzene rings is 1. The fourth-order valence-corrected chi connectivity index (χ4v) is 2.95. The van der Waals surface area contributed by atoms with Gasteiger partial charge in [-0.2, -0.15) is 0 Å². The van der Waals surface area contributed by atoms with Crippen molar-refractivity contribution in [2.75, 3.05) is 13.7 Å². The van der Waals surface area contributed by atoms with E-state index in [0.29, 0.717) is 19.6 Å². The third-order valence-corrected chi connectivity index (χ3v) is 3.96. The summed E-state index contributed by atoms with van der Waals surface area (Å²) in [6.45, 7) is 3.33. The maximum absolute atomic E-state index is 12.2. The number of likely N-dealkylation sites (tertiary alicyclic amines) is 1. The number of likely N-dealkylation sites (N-methyl/N-ethyl adjacent to an activating group) is 1. The second-order valence-corrected chi connectivity index (χ2v) is 5.36. The van der Waals surface area contributed by atoms with E-state index in [1.54, 1.807) is 7.11 Å². The van der Waals surface area contributed by atoms with Gasteiger partial charge in [-0.3, -0.25) is 4.79 Å². The topological polar surface area (TPSA) is 55.6 Å². The summed E-state index contributed by atoms with van der Waals surface area (Å²) in [7, 11) is 1.69. The van der Waals surface area contributed by atoms with Gasteiger partial charge in [0.1, 0.15) is 0 Å². The molecule has 0 bridgehead atoms. The standard InChI is InChI=1S/C16H24N2O2/c1-3-18-15(19)6-4-5-14(17)16(18)13-9-7-12(8-10-13)11-20-2/h7-10,14,16H,3-6,11,17H2,1-2H3. The summed E-state index contributed by atoms with van der Waals surface area (Å²) in [6, 6.07) is 8.24. The van der Waals surface area contributed by atoms with Gasteiger partial charge in [0.05, 0.1) is 12.6 Å². The van der Waals surface area contributed by atoms with E-state index in [1.807, 2.05) is 11.8 Å². The number of carbonyl (C=O) groups is 1. The first-order valence-electron chi connectivity index (χ1n) is 7.30. The Morgan fingerprint density at radius 2 is 2.05 bits per heavy atom. The number of hydrogen-bond donors (Lipinski definition) is 1. The van der Waals surface area contributed by atoms with Gasteiger partial charge in [0.2, 0.25) is 5.91 Å². The van der Waals surface area contributed by atoms with Gasteiger partial charge in [0.15, 0.2) is 0 Å². The van der Waals surface area contributed by atoms with E-state index in [4.69, 9.17) is 10.5 Å². The number of ether oxygens (including phenoxy) is 1. The van der Waals surface area contributed by atoms with Crippen molar-refractivity contribution in [2.24, 2.45) is 5.73 Å². The summed E-state index contributed by atoms with van der Waals surface area (Å²) >= 11 is 0. The van der Waals surface area contributed by atoms with E-state index in [0.717, 1.165) is 24.0 Å². The molecule has 2 N–H and O–H groups in total. The Labute approximate surface area is 120 Å². The number of hydrogen-bond acceptors (Lipinski definition) is 3. The van der Waals surface area contributed by atoms with Crippen LogP contribution in [-0.4, -0.2) is 30.5 Å². The Hall–Kier alpha value is -1.39. The van der Waals surface area contributed by atoms with E-state index in [9.17, 15) is 4.79 Å². The highest BCUT2D eigenvalue weighted by molar-refractivity contribution is 5.77. The molecule has 1 aliphatic heterocycles. The molecule has 0 aromatic heterocycles. The quantitative estimate of drug-likeness (QED) is 0.917. The fourth-order valence-electron chi connectivity index (χ4n) is 2.95. The van der Waals surface area contributed by atoms with Crippen molar-refractivity contribution in [1.29, 1.82) is 0 Å². The smallest absolute Gasteiger partial charge is 0.223 e. The number of nitrogens with zero attached hydrogens (tertiary/aromatic N) is 1. The average molecular weight is 276 g/mol. The van der Waals surface area contributed by atoms with Crippen molar-refractivity contribution in [2.45, 2.75) is 44.9 Å². The molecular weight excluding hydrogens is 252 g/mol. The van der Waals surface area contributed by atoms with E-state index in [2.05, 4.69) is 24.3 Å². The minimum absolute atomic E-state index is 0.00778. The third kappa shape index (κ3) is 3.19. The second-order valence-electron chi connectivity index (χ2n) is 5.36. The number of methoxy groups -OCH3 is 1. The Morgan fingerprint density at radius 1 is 1.35 bits per heavy atom. The maximum atomic E-state index is 12.2. The highest BCUT2D eigenvalue weighted by Gasteiger charge is 2.31. The van der Waals surface area contributed by atoms with Crippen molar-refractivity contribution < 1.29 is 9.53 Å². The van der Waals surface area contributed by atoms with Crippen molar-refractivity contribution in [3.05, 3.63) is 35.4 Å². The molecule has 1 aliphatic rings. The monoisotopic (exact) mass is 276 g/mol. The molecule has 1 heterocycles. The van der Waals surface area contributed by atoms with E-state index in [1.165, 1.54) is 0 Å². The second kappa shape index (κ2) is 6.86. The molecule has 2 rings (SSSR count). The van der Waals surface area contributed by atoms with E-state index >= 15 is 0 Å². The predicted molar refractivity (Wildman–Crippen MR) is 79.1 cm³/mol. The molecule has 2 atom stereocenters. The third-order valence-electron chi connectivity index (χ3n) is 3.96. The average Bonchev–Trinajstić information content (AvgIpc) is 2.59. The molecule has 1 fully saturated rings. The number of nitrogens with two attached hydrogens (primary N) is 1. The first-order valence-corrected chi connectivity index (χ1v) is 7.30. The molecular formula is C16H24N2O2. The minimum atomic E-state index is -0.00778. The molecule has 4 nitrogen and oxygen atoms in total. The highest BCUT2D eigenvalue weighted by atomic mass is 16.5. The van der Waals surface area contributed by atoms with Crippen molar-refractivity contribution in [3.63, 3.8) is 0 Å². The zero-order valence-electron chi connectivity index (χ0n) is 12.3. The van der Waals surface area contributed by atoms with Crippen LogP contribution >= 0.6 is 0 Å². The van der Waals surface area contributed by atoms with Crippen LogP contribution in [0.1, 0.15) is 43.4 Å². The number of rotatable bonds is 4. The van der Waals surface area contributed by atoms with Gasteiger partial charge in [-0.05, 0) is 30.9 Å². The summed E-state index contributed by atoms with van der Waals surface area (Å²) in [5, 5.41) is 0. The summed E-state index contributed by atoms with van der Waals surface area (Å²) in [5.41, 5.74) is 8.57. The van der Waals surface area contributed by atoms with Crippen LogP contribution in [0.4, 0.5) is 0 Å². The lowest BCUT2D eigenvalue weighted by Gasteiger charge is -2.33. The first kappa shape index (κ1) is 15.0. The van der Waals surface area contributed by atoms with Crippen LogP contribution in [-0.2, 0) is 16.1 Å². The lowest BCUT2D eigenvalue weighted by molar-refractivity contribution is -0.133. The largest absolute Gasteiger partial charge is 0.380 e. The lowest BCUT2D eigenvalue weighted by Crippen LogP contribution is -2.42. The van der Waals surface area contributed by atoms with Crippen molar-refractivity contribution in [3.8, 4) is 0 Å². The SMILES string of the molecule is CCN1C(=O)CCCC(N)C1c1ccc(COC)cc1. The highest BCUT2D eigenvalue weighted by Crippen LogP contribution is 2.30. The van der Waals surface area contributed by atoms with Gasteiger partial charge < -0.3 is 15.4 Å². The first-order chi connectivity index (χ1) is 9.67. The molecule has 1 saturated heterocycles. The van der Waals surface area contributed by atoms with Gasteiger partial charge >= 0.3 is 0 Å². The molecule has 4 heteroatoms. The molecule has 0 radical (unpaired) electrons. The summed E-state index contributed by atoms with van der Waals surface area (Å²) in [4.78, 5) is 14.1. The Morgan fingerprint density at radius 3 is 2.65 bits per heavy atom. The minimum Gasteiger partial charge on any atom is -0.380 e. The zero-order chi connectivity index (χ0) is 14.5. The van der Waals surface area contributed by atoms with Gasteiger partial charge in [-0.25, -0.2) is 0 Å². The Balaban J connectivity index is 2.27. The molecule has 0 spiro atoms. The van der Waals surface area contributed by atoms with Crippen LogP contribution < -0.4 is 5.73 Å². The van der Waals surface area contributed by atoms with Gasteiger partial charge in [0, 0.05) is 26.1 Å². The van der Waals surface area contributed by atoms with E-state index in [-0.39, 0.29) is 18.0 Å². The Bertz CT molecular complexity index is 444. The molecule has 2 unspecified atom stereocenters. The molecule has 0 aliphatic carbocycles. The summed E-state index contributed by atoms with van der Waals surface area (Å²) in [5.74, 6) is 0.214. The molecule has 1 amide bonds. The molecule has 1 aromatic carbocycles. The number of carbonyl (C=O) groups excluding carboxylic acids is 1. The van der Waals surface area contributed by atoms with Crippen LogP contribution in [0.15, 0.2) is 24.3 Å². The van der Waals surface area contributed by atoms with Crippen LogP contribution in [0.5, 0.6) is 0 Å². The van der Waals surface area contributed by atoms with Crippen LogP contribution in [0.3, 0.4) is 0 Å². The fraction of sp³-hybridized carbons (Fsp3) is 0.562. The lowest BCUT2D eigenvalue weighted by atomic mass is 9.95. The van der Waals surface area contributed by atoms with Crippen LogP contribution in [0.25, 0.3) is 0 Å². The summed E-state index contributed by atoms with van der Waals surface area (Å²) in [6.07, 6.45) is 2.39. The van der Waals surface area contributed by atoms with Crippen LogP contribution in [0, 0.1) is 0 Å². The molecule has 20 heavy (non-hydrogen) atoms. The van der Waals surface area contributed by atoms with Crippen molar-refractivity contribution in [1.82, 2.24) is 4.90 Å². The zero-order valence-corrected chi connectivity index (χ0v) is 12.3. The van der Waals surface area contributed by atoms with Gasteiger partial charge in [-0.1, -0.05) is 24.3 Å². The van der Waals surface area contributed by atoms with Gasteiger partial charge in [-0.15, -0.1) is 0 Å².